The average molecular weight is 320 g/mol. The minimum absolute atomic E-state index is 0.0564. The first-order valence-corrected chi connectivity index (χ1v) is 7.34. The van der Waals surface area contributed by atoms with Gasteiger partial charge < -0.3 is 10.4 Å². The maximum absolute atomic E-state index is 10.5. The smallest absolute Gasteiger partial charge is 0.213 e. The number of nitrogens with one attached hydrogen (secondary N) is 3. The van der Waals surface area contributed by atoms with E-state index in [-0.39, 0.29) is 11.7 Å². The number of amides is 1. The highest BCUT2D eigenvalue weighted by Gasteiger charge is 2.12. The van der Waals surface area contributed by atoms with Gasteiger partial charge in [0.15, 0.2) is 5.96 Å². The summed E-state index contributed by atoms with van der Waals surface area (Å²) in [4.78, 5) is 15.1. The van der Waals surface area contributed by atoms with E-state index in [1.807, 2.05) is 31.2 Å². The summed E-state index contributed by atoms with van der Waals surface area (Å²) < 4.78 is 0. The van der Waals surface area contributed by atoms with Crippen LogP contribution in [0.3, 0.4) is 0 Å². The molecule has 0 fully saturated rings. The minimum Gasteiger partial charge on any atom is -0.506 e. The van der Waals surface area contributed by atoms with Crippen molar-refractivity contribution in [3.05, 3.63) is 54.1 Å². The van der Waals surface area contributed by atoms with Crippen LogP contribution in [0.4, 0.5) is 5.69 Å². The molecule has 0 saturated carbocycles. The summed E-state index contributed by atoms with van der Waals surface area (Å²) in [6.45, 7) is 1.98. The van der Waals surface area contributed by atoms with Crippen molar-refractivity contribution >= 4 is 29.0 Å². The highest BCUT2D eigenvalue weighted by Crippen LogP contribution is 2.33. The molecule has 0 radical (unpaired) electrons. The largest absolute Gasteiger partial charge is 0.506 e. The van der Waals surface area contributed by atoms with E-state index in [0.717, 1.165) is 11.1 Å². The van der Waals surface area contributed by atoms with E-state index in [1.165, 1.54) is 0 Å². The molecule has 4 N–H and O–H groups in total. The predicted octanol–water partition coefficient (Wildman–Crippen LogP) is 3.01. The number of carbonyl (C=O) groups excluding carboxylic acids is 1. The van der Waals surface area contributed by atoms with Crippen molar-refractivity contribution in [1.29, 1.82) is 5.41 Å². The number of hydrogen-bond acceptors (Lipinski definition) is 4. The molecule has 0 spiro atoms. The molecule has 0 aliphatic rings. The summed E-state index contributed by atoms with van der Waals surface area (Å²) in [5, 5.41) is 23.6. The van der Waals surface area contributed by atoms with Gasteiger partial charge in [0.2, 0.25) is 6.41 Å². The second-order valence-electron chi connectivity index (χ2n) is 5.31. The van der Waals surface area contributed by atoms with Crippen LogP contribution in [-0.2, 0) is 4.79 Å². The molecule has 2 aromatic carbocycles. The van der Waals surface area contributed by atoms with Crippen molar-refractivity contribution in [2.45, 2.75) is 6.92 Å². The molecule has 3 aromatic rings. The number of aromatic hydroxyl groups is 1. The molecule has 0 unspecified atom stereocenters. The van der Waals surface area contributed by atoms with Gasteiger partial charge in [-0.3, -0.25) is 15.5 Å². The fraction of sp³-hybridized carbons (Fsp3) is 0.0556. The number of aryl methyl sites for hydroxylation is 1. The lowest BCUT2D eigenvalue weighted by molar-refractivity contribution is -0.108. The molecular formula is C18H16N4O2. The highest BCUT2D eigenvalue weighted by molar-refractivity contribution is 6.05. The minimum atomic E-state index is -0.156. The Labute approximate surface area is 138 Å². The number of anilines is 1. The lowest BCUT2D eigenvalue weighted by atomic mass is 10.0. The van der Waals surface area contributed by atoms with Crippen LogP contribution in [0.5, 0.6) is 5.75 Å². The Morgan fingerprint density at radius 1 is 1.21 bits per heavy atom. The highest BCUT2D eigenvalue weighted by atomic mass is 16.3. The summed E-state index contributed by atoms with van der Waals surface area (Å²) in [6, 6.07) is 14.6. The number of nitrogens with zero attached hydrogens (tertiary/aromatic N) is 1. The predicted molar refractivity (Wildman–Crippen MR) is 94.1 cm³/mol. The number of para-hydroxylation sites is 1. The zero-order valence-corrected chi connectivity index (χ0v) is 13.0. The van der Waals surface area contributed by atoms with E-state index in [9.17, 15) is 9.90 Å². The van der Waals surface area contributed by atoms with Crippen molar-refractivity contribution in [2.24, 2.45) is 0 Å². The van der Waals surface area contributed by atoms with E-state index in [1.54, 1.807) is 24.3 Å². The van der Waals surface area contributed by atoms with Crippen LogP contribution in [0.15, 0.2) is 48.5 Å². The summed E-state index contributed by atoms with van der Waals surface area (Å²) in [6.07, 6.45) is 0.429. The number of benzene rings is 2. The third kappa shape index (κ3) is 2.89. The maximum Gasteiger partial charge on any atom is 0.213 e. The molecule has 24 heavy (non-hydrogen) atoms. The summed E-state index contributed by atoms with van der Waals surface area (Å²) in [5.41, 5.74) is 3.66. The van der Waals surface area contributed by atoms with Gasteiger partial charge in [0.05, 0.1) is 11.4 Å². The van der Waals surface area contributed by atoms with Crippen molar-refractivity contribution < 1.29 is 9.90 Å². The average Bonchev–Trinajstić information content (AvgIpc) is 2.56. The number of aromatic nitrogens is 1. The number of fused-ring (bicyclic) bond motifs is 1. The second kappa shape index (κ2) is 6.37. The van der Waals surface area contributed by atoms with Gasteiger partial charge in [-0.25, -0.2) is 4.98 Å². The van der Waals surface area contributed by atoms with Crippen LogP contribution < -0.4 is 10.6 Å². The Morgan fingerprint density at radius 2 is 2.00 bits per heavy atom. The van der Waals surface area contributed by atoms with E-state index in [4.69, 9.17) is 5.41 Å². The van der Waals surface area contributed by atoms with Gasteiger partial charge in [-0.15, -0.1) is 0 Å². The number of phenolic OH excluding ortho intramolecular Hbond substituents is 1. The molecule has 1 amide bonds. The van der Waals surface area contributed by atoms with Gasteiger partial charge in [0, 0.05) is 10.9 Å². The molecule has 0 bridgehead atoms. The van der Waals surface area contributed by atoms with Crippen molar-refractivity contribution in [1.82, 2.24) is 10.3 Å². The summed E-state index contributed by atoms with van der Waals surface area (Å²) >= 11 is 0. The van der Waals surface area contributed by atoms with Crippen molar-refractivity contribution in [3.63, 3.8) is 0 Å². The Hall–Kier alpha value is -3.41. The zero-order valence-electron chi connectivity index (χ0n) is 13.0. The van der Waals surface area contributed by atoms with E-state index in [2.05, 4.69) is 15.6 Å². The van der Waals surface area contributed by atoms with Crippen LogP contribution in [0.25, 0.3) is 22.2 Å². The zero-order chi connectivity index (χ0) is 17.1. The third-order valence-corrected chi connectivity index (χ3v) is 3.70. The van der Waals surface area contributed by atoms with Gasteiger partial charge in [-0.1, -0.05) is 36.4 Å². The Morgan fingerprint density at radius 3 is 2.75 bits per heavy atom. The van der Waals surface area contributed by atoms with Crippen LogP contribution in [0, 0.1) is 12.3 Å². The van der Waals surface area contributed by atoms with Crippen molar-refractivity contribution in [3.8, 4) is 17.0 Å². The van der Waals surface area contributed by atoms with Gasteiger partial charge in [-0.2, -0.15) is 0 Å². The van der Waals surface area contributed by atoms with Gasteiger partial charge in [-0.05, 0) is 24.6 Å². The molecule has 120 valence electrons. The number of carbonyl (C=O) groups is 1. The molecule has 0 saturated heterocycles. The monoisotopic (exact) mass is 320 g/mol. The Balaban J connectivity index is 2.21. The quantitative estimate of drug-likeness (QED) is 0.339. The lowest BCUT2D eigenvalue weighted by Crippen LogP contribution is -2.28. The first kappa shape index (κ1) is 15.5. The molecule has 1 heterocycles. The first-order chi connectivity index (χ1) is 11.6. The van der Waals surface area contributed by atoms with E-state index < -0.39 is 0 Å². The SMILES string of the molecule is Cc1ccccc1-c1cc(NC(=N)NC=O)c2cccc(O)c2n1. The lowest BCUT2D eigenvalue weighted by Gasteiger charge is -2.13. The molecule has 3 rings (SSSR count). The number of pyridine rings is 1. The van der Waals surface area contributed by atoms with Crippen LogP contribution in [0.2, 0.25) is 0 Å². The van der Waals surface area contributed by atoms with Crippen LogP contribution in [0.1, 0.15) is 5.56 Å². The van der Waals surface area contributed by atoms with Crippen molar-refractivity contribution in [2.75, 3.05) is 5.32 Å². The standard InChI is InChI=1S/C18H16N4O2/c1-11-5-2-3-6-12(11)14-9-15(22-18(19)20-10-23)13-7-4-8-16(24)17(13)21-14/h2-10,24H,1H3,(H3,19,20,21,22,23). The fourth-order valence-corrected chi connectivity index (χ4v) is 2.56. The molecular weight excluding hydrogens is 304 g/mol. The number of phenols is 1. The normalized spacial score (nSPS) is 10.4. The summed E-state index contributed by atoms with van der Waals surface area (Å²) in [5.74, 6) is -0.0996. The van der Waals surface area contributed by atoms with E-state index >= 15 is 0 Å². The van der Waals surface area contributed by atoms with Crippen LogP contribution in [-0.4, -0.2) is 22.5 Å². The van der Waals surface area contributed by atoms with Crippen LogP contribution >= 0.6 is 0 Å². The molecule has 6 nitrogen and oxygen atoms in total. The van der Waals surface area contributed by atoms with Gasteiger partial charge in [0.1, 0.15) is 11.3 Å². The fourth-order valence-electron chi connectivity index (χ4n) is 2.56. The molecule has 6 heteroatoms. The summed E-state index contributed by atoms with van der Waals surface area (Å²) in [7, 11) is 0. The second-order valence-corrected chi connectivity index (χ2v) is 5.31. The third-order valence-electron chi connectivity index (χ3n) is 3.70. The molecule has 0 atom stereocenters. The topological polar surface area (TPSA) is 98.1 Å². The molecule has 0 aliphatic carbocycles. The first-order valence-electron chi connectivity index (χ1n) is 7.34. The molecule has 1 aromatic heterocycles. The van der Waals surface area contributed by atoms with E-state index in [0.29, 0.717) is 28.7 Å². The van der Waals surface area contributed by atoms with Gasteiger partial charge in [0.25, 0.3) is 0 Å². The van der Waals surface area contributed by atoms with Gasteiger partial charge >= 0.3 is 0 Å². The number of hydrogen-bond donors (Lipinski definition) is 4. The Kier molecular flexibility index (Phi) is 4.11. The number of guanidine groups is 1. The number of rotatable bonds is 3. The molecule has 0 aliphatic heterocycles. The maximum atomic E-state index is 10.5. The Bertz CT molecular complexity index is 937.